The Morgan fingerprint density at radius 3 is 2.94 bits per heavy atom. The second-order valence-corrected chi connectivity index (χ2v) is 3.66. The first-order valence-electron chi connectivity index (χ1n) is 5.41. The van der Waals surface area contributed by atoms with Crippen molar-refractivity contribution in [3.8, 4) is 0 Å². The van der Waals surface area contributed by atoms with E-state index in [9.17, 15) is 10.1 Å². The summed E-state index contributed by atoms with van der Waals surface area (Å²) in [5.41, 5.74) is 0.474. The number of aromatic nitrogens is 5. The Kier molecular flexibility index (Phi) is 3.22. The largest absolute Gasteiger partial charge is 0.357 e. The van der Waals surface area contributed by atoms with E-state index in [1.165, 1.54) is 11.0 Å². The van der Waals surface area contributed by atoms with Gasteiger partial charge in [-0.2, -0.15) is 10.2 Å². The normalized spacial score (nSPS) is 10.6. The summed E-state index contributed by atoms with van der Waals surface area (Å²) in [5.74, 6) is 0.969. The number of hydrogen-bond acceptors (Lipinski definition) is 6. The third kappa shape index (κ3) is 2.14. The molecule has 0 fully saturated rings. The number of aromatic amines is 1. The number of nitrogens with zero attached hydrogens (tertiary/aromatic N) is 5. The fourth-order valence-electron chi connectivity index (χ4n) is 1.68. The molecule has 0 amide bonds. The third-order valence-electron chi connectivity index (χ3n) is 2.50. The van der Waals surface area contributed by atoms with Crippen LogP contribution < -0.4 is 5.32 Å². The summed E-state index contributed by atoms with van der Waals surface area (Å²) in [6.45, 7) is 2.15. The van der Waals surface area contributed by atoms with Gasteiger partial charge in [0, 0.05) is 7.05 Å². The van der Waals surface area contributed by atoms with Crippen molar-refractivity contribution in [2.24, 2.45) is 7.05 Å². The molecular formula is C9H13N7O2. The molecular weight excluding hydrogens is 238 g/mol. The molecule has 9 heteroatoms. The van der Waals surface area contributed by atoms with Crippen LogP contribution >= 0.6 is 0 Å². The second kappa shape index (κ2) is 4.82. The van der Waals surface area contributed by atoms with E-state index in [1.54, 1.807) is 7.05 Å². The number of aryl methyl sites for hydroxylation is 2. The SMILES string of the molecule is CCc1nn(C)c(NCc2ncn[nH]2)c1[N+](=O)[O-]. The van der Waals surface area contributed by atoms with E-state index in [2.05, 4.69) is 25.6 Å². The van der Waals surface area contributed by atoms with Gasteiger partial charge >= 0.3 is 5.69 Å². The van der Waals surface area contributed by atoms with Gasteiger partial charge in [-0.15, -0.1) is 0 Å². The van der Waals surface area contributed by atoms with Crippen molar-refractivity contribution in [1.29, 1.82) is 0 Å². The summed E-state index contributed by atoms with van der Waals surface area (Å²) in [6, 6.07) is 0. The third-order valence-corrected chi connectivity index (χ3v) is 2.50. The molecule has 96 valence electrons. The van der Waals surface area contributed by atoms with Crippen LogP contribution in [0, 0.1) is 10.1 Å². The van der Waals surface area contributed by atoms with Crippen molar-refractivity contribution in [2.75, 3.05) is 5.32 Å². The van der Waals surface area contributed by atoms with Crippen LogP contribution in [0.15, 0.2) is 6.33 Å². The van der Waals surface area contributed by atoms with Gasteiger partial charge in [-0.25, -0.2) is 9.67 Å². The first-order valence-corrected chi connectivity index (χ1v) is 5.41. The molecule has 0 aliphatic heterocycles. The van der Waals surface area contributed by atoms with Crippen LogP contribution in [0.5, 0.6) is 0 Å². The van der Waals surface area contributed by atoms with Crippen LogP contribution in [-0.4, -0.2) is 29.9 Å². The highest BCUT2D eigenvalue weighted by Crippen LogP contribution is 2.28. The average molecular weight is 251 g/mol. The molecule has 18 heavy (non-hydrogen) atoms. The Labute approximate surface area is 102 Å². The molecule has 2 N–H and O–H groups in total. The molecule has 0 aliphatic rings. The molecule has 2 heterocycles. The molecule has 2 rings (SSSR count). The van der Waals surface area contributed by atoms with E-state index in [1.807, 2.05) is 6.92 Å². The van der Waals surface area contributed by atoms with Crippen LogP contribution in [0.1, 0.15) is 18.4 Å². The zero-order valence-corrected chi connectivity index (χ0v) is 10.0. The molecule has 0 unspecified atom stereocenters. The Morgan fingerprint density at radius 2 is 2.39 bits per heavy atom. The summed E-state index contributed by atoms with van der Waals surface area (Å²) < 4.78 is 1.47. The van der Waals surface area contributed by atoms with Crippen molar-refractivity contribution < 1.29 is 4.92 Å². The quantitative estimate of drug-likeness (QED) is 0.594. The lowest BCUT2D eigenvalue weighted by molar-refractivity contribution is -0.384. The van der Waals surface area contributed by atoms with Crippen LogP contribution in [0.4, 0.5) is 11.5 Å². The standard InChI is InChI=1S/C9H13N7O2/c1-3-6-8(16(17)18)9(15(2)14-6)10-4-7-11-5-12-13-7/h5,10H,3-4H2,1-2H3,(H,11,12,13). The molecule has 2 aromatic rings. The molecule has 9 nitrogen and oxygen atoms in total. The topological polar surface area (TPSA) is 115 Å². The van der Waals surface area contributed by atoms with Gasteiger partial charge in [0.05, 0.1) is 11.5 Å². The van der Waals surface area contributed by atoms with Gasteiger partial charge in [-0.1, -0.05) is 6.92 Å². The van der Waals surface area contributed by atoms with E-state index >= 15 is 0 Å². The highest BCUT2D eigenvalue weighted by atomic mass is 16.6. The summed E-state index contributed by atoms with van der Waals surface area (Å²) >= 11 is 0. The number of rotatable bonds is 5. The van der Waals surface area contributed by atoms with Gasteiger partial charge in [0.25, 0.3) is 0 Å². The maximum atomic E-state index is 11.1. The van der Waals surface area contributed by atoms with Crippen LogP contribution in [0.3, 0.4) is 0 Å². The Balaban J connectivity index is 2.26. The molecule has 0 bridgehead atoms. The van der Waals surface area contributed by atoms with Crippen molar-refractivity contribution in [3.63, 3.8) is 0 Å². The Bertz CT molecular complexity index is 546. The Hall–Kier alpha value is -2.45. The Morgan fingerprint density at radius 1 is 1.61 bits per heavy atom. The fraction of sp³-hybridized carbons (Fsp3) is 0.444. The minimum Gasteiger partial charge on any atom is -0.357 e. The highest BCUT2D eigenvalue weighted by Gasteiger charge is 2.25. The zero-order valence-electron chi connectivity index (χ0n) is 10.0. The van der Waals surface area contributed by atoms with Crippen LogP contribution in [0.25, 0.3) is 0 Å². The van der Waals surface area contributed by atoms with E-state index in [0.29, 0.717) is 30.3 Å². The smallest absolute Gasteiger partial charge is 0.333 e. The number of H-pyrrole nitrogens is 1. The monoisotopic (exact) mass is 251 g/mol. The number of nitrogens with one attached hydrogen (secondary N) is 2. The van der Waals surface area contributed by atoms with E-state index in [0.717, 1.165) is 0 Å². The maximum absolute atomic E-state index is 11.1. The van der Waals surface area contributed by atoms with E-state index in [4.69, 9.17) is 0 Å². The first-order chi connectivity index (χ1) is 8.63. The molecule has 0 saturated carbocycles. The summed E-state index contributed by atoms with van der Waals surface area (Å²) in [4.78, 5) is 14.6. The number of hydrogen-bond donors (Lipinski definition) is 2. The van der Waals surface area contributed by atoms with Gasteiger partial charge in [0.15, 0.2) is 0 Å². The van der Waals surface area contributed by atoms with Crippen molar-refractivity contribution in [2.45, 2.75) is 19.9 Å². The number of nitro groups is 1. The van der Waals surface area contributed by atoms with Gasteiger partial charge < -0.3 is 5.32 Å². The van der Waals surface area contributed by atoms with Gasteiger partial charge in [-0.05, 0) is 6.42 Å². The molecule has 2 aromatic heterocycles. The summed E-state index contributed by atoms with van der Waals surface area (Å²) in [7, 11) is 1.66. The molecule has 0 spiro atoms. The first kappa shape index (κ1) is 12.0. The number of anilines is 1. The molecule has 0 aliphatic carbocycles. The maximum Gasteiger partial charge on any atom is 0.333 e. The minimum absolute atomic E-state index is 0.0134. The minimum atomic E-state index is -0.422. The van der Waals surface area contributed by atoms with Crippen molar-refractivity contribution >= 4 is 11.5 Å². The van der Waals surface area contributed by atoms with E-state index < -0.39 is 4.92 Å². The second-order valence-electron chi connectivity index (χ2n) is 3.66. The van der Waals surface area contributed by atoms with Crippen molar-refractivity contribution in [1.82, 2.24) is 25.0 Å². The van der Waals surface area contributed by atoms with Crippen molar-refractivity contribution in [3.05, 3.63) is 28.0 Å². The lowest BCUT2D eigenvalue weighted by Gasteiger charge is -2.03. The fourth-order valence-corrected chi connectivity index (χ4v) is 1.68. The van der Waals surface area contributed by atoms with Gasteiger partial charge in [0.2, 0.25) is 5.82 Å². The van der Waals surface area contributed by atoms with Gasteiger partial charge in [0.1, 0.15) is 17.8 Å². The van der Waals surface area contributed by atoms with Crippen LogP contribution in [-0.2, 0) is 20.0 Å². The molecule has 0 aromatic carbocycles. The van der Waals surface area contributed by atoms with Crippen LogP contribution in [0.2, 0.25) is 0 Å². The van der Waals surface area contributed by atoms with E-state index in [-0.39, 0.29) is 5.69 Å². The lowest BCUT2D eigenvalue weighted by atomic mass is 10.3. The molecule has 0 saturated heterocycles. The predicted octanol–water partition coefficient (Wildman–Crippen LogP) is 0.621. The zero-order chi connectivity index (χ0) is 13.1. The van der Waals surface area contributed by atoms with Gasteiger partial charge in [-0.3, -0.25) is 15.2 Å². The molecule has 0 radical (unpaired) electrons. The summed E-state index contributed by atoms with van der Waals surface area (Å²) in [6.07, 6.45) is 1.89. The highest BCUT2D eigenvalue weighted by molar-refractivity contribution is 5.59. The summed E-state index contributed by atoms with van der Waals surface area (Å²) in [5, 5.41) is 24.5. The lowest BCUT2D eigenvalue weighted by Crippen LogP contribution is -2.07. The predicted molar refractivity (Wildman–Crippen MR) is 62.9 cm³/mol. The average Bonchev–Trinajstić information content (AvgIpc) is 2.93. The molecule has 0 atom stereocenters.